The molecule has 0 saturated carbocycles. The van der Waals surface area contributed by atoms with Gasteiger partial charge in [0.1, 0.15) is 24.0 Å². The van der Waals surface area contributed by atoms with E-state index in [-0.39, 0.29) is 48.2 Å². The molecule has 10 rings (SSSR count). The average Bonchev–Trinajstić information content (AvgIpc) is 3.71. The Morgan fingerprint density at radius 3 is 2.61 bits per heavy atom. The van der Waals surface area contributed by atoms with Gasteiger partial charge in [-0.1, -0.05) is 37.6 Å². The molecular weight excluding hydrogens is 966 g/mol. The number of anilines is 3. The van der Waals surface area contributed by atoms with E-state index in [9.17, 15) is 23.3 Å². The minimum Gasteiger partial charge on any atom is -0.484 e. The number of carbonyl (C=O) groups excluding carboxylic acids is 1. The van der Waals surface area contributed by atoms with E-state index in [0.29, 0.717) is 100 Å². The summed E-state index contributed by atoms with van der Waals surface area (Å²) in [5, 5.41) is 13.8. The molecule has 0 bridgehead atoms. The molecule has 1 amide bonds. The summed E-state index contributed by atoms with van der Waals surface area (Å²) in [5.74, 6) is -0.714. The fraction of sp³-hybridized carbons (Fsp3) is 0.462. The van der Waals surface area contributed by atoms with Crippen molar-refractivity contribution in [1.82, 2.24) is 19.6 Å². The van der Waals surface area contributed by atoms with E-state index in [2.05, 4.69) is 45.5 Å². The van der Waals surface area contributed by atoms with Crippen LogP contribution >= 0.6 is 11.6 Å². The van der Waals surface area contributed by atoms with Gasteiger partial charge in [0.05, 0.1) is 65.7 Å². The Morgan fingerprint density at radius 1 is 0.958 bits per heavy atom. The first-order chi connectivity index (χ1) is 34.7. The van der Waals surface area contributed by atoms with Crippen LogP contribution in [0, 0.1) is 15.5 Å². The summed E-state index contributed by atoms with van der Waals surface area (Å²) in [5.41, 5.74) is 5.78. The molecule has 0 spiro atoms. The second-order valence-electron chi connectivity index (χ2n) is 19.9. The van der Waals surface area contributed by atoms with Gasteiger partial charge in [0.25, 0.3) is 15.9 Å². The van der Waals surface area contributed by atoms with Gasteiger partial charge in [-0.2, -0.15) is 4.98 Å². The Bertz CT molecular complexity index is 2960. The number of carbonyl (C=O) groups is 1. The van der Waals surface area contributed by atoms with Crippen LogP contribution in [-0.2, 0) is 29.0 Å². The van der Waals surface area contributed by atoms with E-state index in [1.807, 2.05) is 48.2 Å². The summed E-state index contributed by atoms with van der Waals surface area (Å²) in [4.78, 5) is 40.3. The Balaban J connectivity index is 0.962. The SMILES string of the molecule is C[C@@H]1CO[C@@H](COc2ccc(S(=O)(=O)NC(=O)c3ccc(N4CCN5CC6=C(c7ccc(Cl)cc7)CC(C)(C)C[C@H]6OCCCOC[C@@H]5C4)cc3N3CCCOc4nc5[nH]ccc5cc43)cc2[N+](=O)[O-])CO1. The van der Waals surface area contributed by atoms with Crippen LogP contribution in [0.15, 0.2) is 89.5 Å². The number of fused-ring (bicyclic) bond motifs is 4. The minimum absolute atomic E-state index is 0.000585. The van der Waals surface area contributed by atoms with E-state index >= 15 is 0 Å². The van der Waals surface area contributed by atoms with Crippen molar-refractivity contribution in [3.63, 3.8) is 0 Å². The number of aromatic amines is 1. The van der Waals surface area contributed by atoms with Crippen LogP contribution in [0.5, 0.6) is 11.6 Å². The maximum absolute atomic E-state index is 14.6. The number of nitrogens with zero attached hydrogens (tertiary/aromatic N) is 5. The number of piperazine rings is 1. The number of nitro groups is 1. The van der Waals surface area contributed by atoms with Crippen molar-refractivity contribution in [2.24, 2.45) is 5.41 Å². The Kier molecular flexibility index (Phi) is 14.5. The number of rotatable bonds is 10. The fourth-order valence-corrected chi connectivity index (χ4v) is 11.4. The molecule has 0 radical (unpaired) electrons. The third-order valence-electron chi connectivity index (χ3n) is 14.0. The van der Waals surface area contributed by atoms with Crippen molar-refractivity contribution < 1.29 is 46.6 Å². The second-order valence-corrected chi connectivity index (χ2v) is 22.0. The number of nitrogens with one attached hydrogen (secondary N) is 2. The van der Waals surface area contributed by atoms with Gasteiger partial charge in [0.15, 0.2) is 5.75 Å². The average molecular weight is 1030 g/mol. The summed E-state index contributed by atoms with van der Waals surface area (Å²) < 4.78 is 66.6. The van der Waals surface area contributed by atoms with Crippen LogP contribution in [0.4, 0.5) is 22.7 Å². The van der Waals surface area contributed by atoms with Gasteiger partial charge in [-0.05, 0) is 109 Å². The maximum Gasteiger partial charge on any atom is 0.312 e. The molecule has 2 aromatic heterocycles. The van der Waals surface area contributed by atoms with Crippen LogP contribution in [0.25, 0.3) is 16.6 Å². The van der Waals surface area contributed by atoms with Crippen LogP contribution < -0.4 is 24.0 Å². The third-order valence-corrected chi connectivity index (χ3v) is 15.6. The maximum atomic E-state index is 14.6. The number of halogens is 1. The van der Waals surface area contributed by atoms with Crippen molar-refractivity contribution >= 4 is 66.9 Å². The first kappa shape index (κ1) is 49.8. The number of hydrogen-bond acceptors (Lipinski definition) is 15. The number of H-pyrrole nitrogens is 1. The number of benzene rings is 3. The van der Waals surface area contributed by atoms with Gasteiger partial charge >= 0.3 is 5.69 Å². The molecular formula is C52H60ClN7O11S. The van der Waals surface area contributed by atoms with Crippen molar-refractivity contribution in [2.75, 3.05) is 88.8 Å². The molecule has 1 aliphatic carbocycles. The van der Waals surface area contributed by atoms with Gasteiger partial charge in [-0.25, -0.2) is 13.1 Å². The zero-order valence-corrected chi connectivity index (χ0v) is 42.2. The van der Waals surface area contributed by atoms with Crippen molar-refractivity contribution in [3.8, 4) is 11.6 Å². The molecule has 4 aliphatic heterocycles. The highest BCUT2D eigenvalue weighted by Gasteiger charge is 2.39. The molecule has 5 aromatic rings. The lowest BCUT2D eigenvalue weighted by atomic mass is 9.71. The molecule has 3 saturated heterocycles. The molecule has 2 N–H and O–H groups in total. The molecule has 5 aliphatic rings. The lowest BCUT2D eigenvalue weighted by Crippen LogP contribution is -2.56. The highest BCUT2D eigenvalue weighted by molar-refractivity contribution is 7.90. The van der Waals surface area contributed by atoms with Gasteiger partial charge in [0.2, 0.25) is 5.88 Å². The Labute approximate surface area is 423 Å². The highest BCUT2D eigenvalue weighted by Crippen LogP contribution is 2.46. The van der Waals surface area contributed by atoms with Gasteiger partial charge < -0.3 is 43.2 Å². The van der Waals surface area contributed by atoms with E-state index in [4.69, 9.17) is 45.0 Å². The van der Waals surface area contributed by atoms with Crippen LogP contribution in [0.3, 0.4) is 0 Å². The molecule has 72 heavy (non-hydrogen) atoms. The largest absolute Gasteiger partial charge is 0.484 e. The number of allylic oxidation sites excluding steroid dienone is 1. The highest BCUT2D eigenvalue weighted by atomic mass is 35.5. The number of sulfonamides is 1. The molecule has 0 unspecified atom stereocenters. The van der Waals surface area contributed by atoms with E-state index in [1.54, 1.807) is 12.3 Å². The molecule has 3 fully saturated rings. The summed E-state index contributed by atoms with van der Waals surface area (Å²) in [7, 11) is -4.67. The normalized spacial score (nSPS) is 23.2. The zero-order valence-electron chi connectivity index (χ0n) is 40.6. The van der Waals surface area contributed by atoms with Crippen LogP contribution in [0.2, 0.25) is 5.02 Å². The van der Waals surface area contributed by atoms with E-state index in [0.717, 1.165) is 42.0 Å². The van der Waals surface area contributed by atoms with Crippen molar-refractivity contribution in [2.45, 2.75) is 75.7 Å². The predicted octanol–water partition coefficient (Wildman–Crippen LogP) is 7.92. The molecule has 3 aromatic carbocycles. The number of hydrogen-bond donors (Lipinski definition) is 2. The Morgan fingerprint density at radius 2 is 1.81 bits per heavy atom. The summed E-state index contributed by atoms with van der Waals surface area (Å²) >= 11 is 6.37. The third kappa shape index (κ3) is 10.9. The summed E-state index contributed by atoms with van der Waals surface area (Å²) in [6, 6.07) is 20.6. The first-order valence-corrected chi connectivity index (χ1v) is 26.4. The topological polar surface area (TPSA) is 200 Å². The second kappa shape index (κ2) is 21.0. The van der Waals surface area contributed by atoms with Crippen LogP contribution in [0.1, 0.15) is 62.4 Å². The van der Waals surface area contributed by atoms with Crippen molar-refractivity contribution in [3.05, 3.63) is 111 Å². The first-order valence-electron chi connectivity index (χ1n) is 24.6. The fourth-order valence-electron chi connectivity index (χ4n) is 10.3. The lowest BCUT2D eigenvalue weighted by molar-refractivity contribution is -0.386. The van der Waals surface area contributed by atoms with Crippen LogP contribution in [-0.4, -0.2) is 137 Å². The zero-order chi connectivity index (χ0) is 50.1. The summed E-state index contributed by atoms with van der Waals surface area (Å²) in [6.07, 6.45) is 4.37. The Hall–Kier alpha value is -5.80. The minimum atomic E-state index is -4.67. The number of pyridine rings is 1. The smallest absolute Gasteiger partial charge is 0.312 e. The van der Waals surface area contributed by atoms with E-state index in [1.165, 1.54) is 23.3 Å². The quantitative estimate of drug-likeness (QED) is 0.101. The van der Waals surface area contributed by atoms with Gasteiger partial charge in [0, 0.05) is 74.3 Å². The molecule has 20 heteroatoms. The molecule has 382 valence electrons. The number of nitro benzene ring substituents is 1. The number of amides is 1. The lowest BCUT2D eigenvalue weighted by Gasteiger charge is -2.45. The standard InChI is InChI=1S/C52H60ClN7O11S/c1-33-29-70-39(31-69-33)32-71-47-13-11-40(24-45(47)60(62)63)72(64,65)56-50(61)41-12-10-37(23-44(41)59-16-4-20-68-51-46(59)22-35-14-15-54-49(35)55-51)57-17-18-58-28-43-42(34-6-8-36(53)9-7-34)25-52(2,3)26-48(43)67-21-5-19-66-30-38(58)27-57/h6-15,22-24,33,38-39,48H,4-5,16-21,25-32H2,1-3H3,(H,54,55)(H,56,61)/t33-,38+,39-,48-/m1/s1. The summed E-state index contributed by atoms with van der Waals surface area (Å²) in [6.45, 7) is 12.2. The number of ether oxygens (including phenoxy) is 6. The molecule has 4 atom stereocenters. The van der Waals surface area contributed by atoms with E-state index < -0.39 is 37.5 Å². The van der Waals surface area contributed by atoms with Crippen molar-refractivity contribution in [1.29, 1.82) is 0 Å². The molecule has 18 nitrogen and oxygen atoms in total. The monoisotopic (exact) mass is 1030 g/mol. The van der Waals surface area contributed by atoms with Gasteiger partial charge in [-0.3, -0.25) is 19.8 Å². The molecule has 6 heterocycles. The van der Waals surface area contributed by atoms with Gasteiger partial charge in [-0.15, -0.1) is 0 Å². The number of aromatic nitrogens is 2. The predicted molar refractivity (Wildman–Crippen MR) is 272 cm³/mol.